The van der Waals surface area contributed by atoms with Gasteiger partial charge in [-0.1, -0.05) is 121 Å². The SMILES string of the molecule is c1ccc(N(c2ccccc2)c2ccc(-c3c4ccccc4c(-c4cccnc4)c4ccccc34)c3ccccc23)cc1. The molecule has 0 fully saturated rings. The predicted octanol–water partition coefficient (Wildman–Crippen LogP) is 11.3. The van der Waals surface area contributed by atoms with E-state index in [0.29, 0.717) is 0 Å². The average Bonchev–Trinajstić information content (AvgIpc) is 3.09. The maximum absolute atomic E-state index is 4.47. The highest BCUT2D eigenvalue weighted by atomic mass is 15.1. The molecule has 0 aliphatic rings. The van der Waals surface area contributed by atoms with Crippen LogP contribution in [0.15, 0.2) is 170 Å². The van der Waals surface area contributed by atoms with Crippen LogP contribution in [0.2, 0.25) is 0 Å². The molecule has 0 spiro atoms. The first-order valence-corrected chi connectivity index (χ1v) is 14.6. The molecule has 0 radical (unpaired) electrons. The van der Waals surface area contributed by atoms with Crippen LogP contribution in [-0.4, -0.2) is 4.98 Å². The van der Waals surface area contributed by atoms with E-state index in [4.69, 9.17) is 0 Å². The van der Waals surface area contributed by atoms with Crippen LogP contribution in [0, 0.1) is 0 Å². The Hall–Kier alpha value is -5.73. The second-order valence-electron chi connectivity index (χ2n) is 10.8. The Morgan fingerprint density at radius 3 is 1.40 bits per heavy atom. The third kappa shape index (κ3) is 4.24. The number of fused-ring (bicyclic) bond motifs is 3. The molecule has 202 valence electrons. The molecule has 0 amide bonds. The average molecular weight is 549 g/mol. The minimum Gasteiger partial charge on any atom is -0.310 e. The number of rotatable bonds is 5. The molecule has 2 nitrogen and oxygen atoms in total. The van der Waals surface area contributed by atoms with Crippen molar-refractivity contribution in [1.82, 2.24) is 4.98 Å². The largest absolute Gasteiger partial charge is 0.310 e. The van der Waals surface area contributed by atoms with Gasteiger partial charge in [-0.15, -0.1) is 0 Å². The smallest absolute Gasteiger partial charge is 0.0540 e. The van der Waals surface area contributed by atoms with E-state index in [1.165, 1.54) is 49.0 Å². The molecule has 1 heterocycles. The van der Waals surface area contributed by atoms with Crippen molar-refractivity contribution in [3.63, 3.8) is 0 Å². The Labute approximate surface area is 251 Å². The number of pyridine rings is 1. The highest BCUT2D eigenvalue weighted by Gasteiger charge is 2.21. The van der Waals surface area contributed by atoms with E-state index in [0.717, 1.165) is 22.6 Å². The standard InChI is InChI=1S/C41H28N2/c1-3-15-30(16-4-1)43(31-17-5-2-6-18-31)39-26-25-38(32-19-7-8-20-33(32)39)41-36-23-11-9-21-34(36)40(29-14-13-27-42-28-29)35-22-10-12-24-37(35)41/h1-28H. The number of hydrogen-bond acceptors (Lipinski definition) is 2. The summed E-state index contributed by atoms with van der Waals surface area (Å²) < 4.78 is 0. The van der Waals surface area contributed by atoms with E-state index in [1.54, 1.807) is 0 Å². The first-order valence-electron chi connectivity index (χ1n) is 14.6. The summed E-state index contributed by atoms with van der Waals surface area (Å²) in [7, 11) is 0. The Morgan fingerprint density at radius 2 is 0.860 bits per heavy atom. The van der Waals surface area contributed by atoms with Gasteiger partial charge in [0.1, 0.15) is 0 Å². The number of aromatic nitrogens is 1. The molecule has 8 rings (SSSR count). The van der Waals surface area contributed by atoms with Crippen LogP contribution >= 0.6 is 0 Å². The highest BCUT2D eigenvalue weighted by Crippen LogP contribution is 2.47. The van der Waals surface area contributed by atoms with Gasteiger partial charge in [0.2, 0.25) is 0 Å². The van der Waals surface area contributed by atoms with Gasteiger partial charge in [-0.2, -0.15) is 0 Å². The quantitative estimate of drug-likeness (QED) is 0.199. The van der Waals surface area contributed by atoms with Gasteiger partial charge in [-0.3, -0.25) is 4.98 Å². The van der Waals surface area contributed by atoms with Crippen LogP contribution < -0.4 is 4.90 Å². The molecule has 0 aliphatic heterocycles. The van der Waals surface area contributed by atoms with Crippen molar-refractivity contribution in [2.75, 3.05) is 4.90 Å². The van der Waals surface area contributed by atoms with Gasteiger partial charge in [0.25, 0.3) is 0 Å². The zero-order valence-corrected chi connectivity index (χ0v) is 23.6. The lowest BCUT2D eigenvalue weighted by Gasteiger charge is -2.27. The van der Waals surface area contributed by atoms with E-state index >= 15 is 0 Å². The van der Waals surface area contributed by atoms with Gasteiger partial charge in [0, 0.05) is 34.7 Å². The van der Waals surface area contributed by atoms with E-state index in [1.807, 2.05) is 18.5 Å². The van der Waals surface area contributed by atoms with Gasteiger partial charge in [-0.05, 0) is 80.0 Å². The fourth-order valence-corrected chi connectivity index (χ4v) is 6.52. The second-order valence-corrected chi connectivity index (χ2v) is 10.8. The maximum Gasteiger partial charge on any atom is 0.0540 e. The molecule has 43 heavy (non-hydrogen) atoms. The molecule has 1 aromatic heterocycles. The van der Waals surface area contributed by atoms with Gasteiger partial charge < -0.3 is 4.90 Å². The van der Waals surface area contributed by atoms with Gasteiger partial charge in [0.05, 0.1) is 5.69 Å². The van der Waals surface area contributed by atoms with Crippen LogP contribution in [-0.2, 0) is 0 Å². The second kappa shape index (κ2) is 10.6. The number of anilines is 3. The molecule has 0 bridgehead atoms. The number of nitrogens with zero attached hydrogens (tertiary/aromatic N) is 2. The Morgan fingerprint density at radius 1 is 0.372 bits per heavy atom. The summed E-state index contributed by atoms with van der Waals surface area (Å²) in [6.07, 6.45) is 3.81. The third-order valence-corrected chi connectivity index (χ3v) is 8.32. The molecule has 2 heteroatoms. The fraction of sp³-hybridized carbons (Fsp3) is 0. The van der Waals surface area contributed by atoms with Crippen molar-refractivity contribution in [3.05, 3.63) is 170 Å². The molecular weight excluding hydrogens is 520 g/mol. The third-order valence-electron chi connectivity index (χ3n) is 8.32. The van der Waals surface area contributed by atoms with Crippen LogP contribution in [0.4, 0.5) is 17.1 Å². The molecule has 0 aliphatic carbocycles. The van der Waals surface area contributed by atoms with E-state index in [9.17, 15) is 0 Å². The summed E-state index contributed by atoms with van der Waals surface area (Å²) in [5.41, 5.74) is 8.24. The molecule has 0 atom stereocenters. The maximum atomic E-state index is 4.47. The van der Waals surface area contributed by atoms with Crippen molar-refractivity contribution in [3.8, 4) is 22.3 Å². The first-order chi connectivity index (χ1) is 21.4. The summed E-state index contributed by atoms with van der Waals surface area (Å²) in [5.74, 6) is 0. The molecule has 7 aromatic carbocycles. The lowest BCUT2D eigenvalue weighted by atomic mass is 9.85. The molecule has 0 N–H and O–H groups in total. The number of hydrogen-bond donors (Lipinski definition) is 0. The summed E-state index contributed by atoms with van der Waals surface area (Å²) in [6.45, 7) is 0. The summed E-state index contributed by atoms with van der Waals surface area (Å²) >= 11 is 0. The van der Waals surface area contributed by atoms with Crippen LogP contribution in [0.25, 0.3) is 54.6 Å². The number of benzene rings is 7. The van der Waals surface area contributed by atoms with Crippen LogP contribution in [0.1, 0.15) is 0 Å². The lowest BCUT2D eigenvalue weighted by Crippen LogP contribution is -2.10. The zero-order valence-electron chi connectivity index (χ0n) is 23.6. The lowest BCUT2D eigenvalue weighted by molar-refractivity contribution is 1.30. The van der Waals surface area contributed by atoms with Crippen molar-refractivity contribution in [1.29, 1.82) is 0 Å². The van der Waals surface area contributed by atoms with Crippen molar-refractivity contribution in [2.24, 2.45) is 0 Å². The van der Waals surface area contributed by atoms with Crippen LogP contribution in [0.5, 0.6) is 0 Å². The van der Waals surface area contributed by atoms with E-state index < -0.39 is 0 Å². The normalized spacial score (nSPS) is 11.3. The van der Waals surface area contributed by atoms with Crippen molar-refractivity contribution in [2.45, 2.75) is 0 Å². The summed E-state index contributed by atoms with van der Waals surface area (Å²) in [5, 5.41) is 7.36. The zero-order chi connectivity index (χ0) is 28.6. The van der Waals surface area contributed by atoms with Gasteiger partial charge in [0.15, 0.2) is 0 Å². The minimum atomic E-state index is 1.13. The topological polar surface area (TPSA) is 16.1 Å². The van der Waals surface area contributed by atoms with Gasteiger partial charge >= 0.3 is 0 Å². The molecule has 0 saturated heterocycles. The summed E-state index contributed by atoms with van der Waals surface area (Å²) in [6, 6.07) is 56.4. The Balaban J connectivity index is 1.45. The first kappa shape index (κ1) is 25.0. The summed E-state index contributed by atoms with van der Waals surface area (Å²) in [4.78, 5) is 6.82. The van der Waals surface area contributed by atoms with Crippen LogP contribution in [0.3, 0.4) is 0 Å². The molecule has 8 aromatic rings. The molecule has 0 unspecified atom stereocenters. The fourth-order valence-electron chi connectivity index (χ4n) is 6.52. The van der Waals surface area contributed by atoms with E-state index in [2.05, 4.69) is 162 Å². The monoisotopic (exact) mass is 548 g/mol. The van der Waals surface area contributed by atoms with Crippen molar-refractivity contribution < 1.29 is 0 Å². The number of para-hydroxylation sites is 2. The van der Waals surface area contributed by atoms with E-state index in [-0.39, 0.29) is 0 Å². The van der Waals surface area contributed by atoms with Crippen molar-refractivity contribution >= 4 is 49.4 Å². The highest BCUT2D eigenvalue weighted by molar-refractivity contribution is 6.24. The Bertz CT molecular complexity index is 2130. The predicted molar refractivity (Wildman–Crippen MR) is 182 cm³/mol. The molecular formula is C41H28N2. The Kier molecular flexibility index (Phi) is 6.16. The van der Waals surface area contributed by atoms with Gasteiger partial charge in [-0.25, -0.2) is 0 Å². The minimum absolute atomic E-state index is 1.13. The molecule has 0 saturated carbocycles.